The zero-order valence-corrected chi connectivity index (χ0v) is 13.3. The second-order valence-corrected chi connectivity index (χ2v) is 5.45. The van der Waals surface area contributed by atoms with Crippen molar-refractivity contribution in [2.75, 3.05) is 12.4 Å². The second-order valence-electron chi connectivity index (χ2n) is 5.45. The number of nitrogens with one attached hydrogen (secondary N) is 2. The fourth-order valence-corrected chi connectivity index (χ4v) is 2.70. The van der Waals surface area contributed by atoms with Gasteiger partial charge in [-0.05, 0) is 23.3 Å². The lowest BCUT2D eigenvalue weighted by atomic mass is 10.1. The molecule has 2 aromatic carbocycles. The smallest absolute Gasteiger partial charge is 0.292 e. The number of aromatic nitrogens is 1. The normalized spacial score (nSPS) is 10.7. The predicted octanol–water partition coefficient (Wildman–Crippen LogP) is 3.47. The Morgan fingerprint density at radius 1 is 1.12 bits per heavy atom. The van der Waals surface area contributed by atoms with Crippen LogP contribution in [-0.4, -0.2) is 17.0 Å². The number of nitro benzene ring substituents is 1. The molecule has 0 radical (unpaired) electrons. The van der Waals surface area contributed by atoms with Crippen LogP contribution in [0, 0.1) is 10.1 Å². The van der Waals surface area contributed by atoms with E-state index in [2.05, 4.69) is 15.6 Å². The number of pyridine rings is 1. The third-order valence-electron chi connectivity index (χ3n) is 3.89. The monoisotopic (exact) mass is 322 g/mol. The molecule has 0 spiro atoms. The van der Waals surface area contributed by atoms with Gasteiger partial charge in [-0.15, -0.1) is 0 Å². The minimum Gasteiger partial charge on any atom is -0.383 e. The molecule has 0 amide bonds. The summed E-state index contributed by atoms with van der Waals surface area (Å²) in [5.74, 6) is 0. The number of anilines is 1. The molecule has 3 rings (SSSR count). The lowest BCUT2D eigenvalue weighted by molar-refractivity contribution is -0.384. The van der Waals surface area contributed by atoms with Crippen LogP contribution in [0.4, 0.5) is 11.4 Å². The van der Waals surface area contributed by atoms with Gasteiger partial charge < -0.3 is 10.6 Å². The van der Waals surface area contributed by atoms with Gasteiger partial charge in [-0.1, -0.05) is 30.3 Å². The summed E-state index contributed by atoms with van der Waals surface area (Å²) in [6.07, 6.45) is 1.78. The zero-order valence-electron chi connectivity index (χ0n) is 13.3. The average Bonchev–Trinajstić information content (AvgIpc) is 2.61. The molecule has 0 aliphatic rings. The average molecular weight is 322 g/mol. The lowest BCUT2D eigenvalue weighted by Crippen LogP contribution is -2.13. The first-order valence-corrected chi connectivity index (χ1v) is 7.67. The van der Waals surface area contributed by atoms with Crippen molar-refractivity contribution >= 4 is 22.3 Å². The van der Waals surface area contributed by atoms with E-state index in [9.17, 15) is 10.1 Å². The van der Waals surface area contributed by atoms with Crippen LogP contribution < -0.4 is 10.6 Å². The fourth-order valence-electron chi connectivity index (χ4n) is 2.70. The zero-order chi connectivity index (χ0) is 16.9. The van der Waals surface area contributed by atoms with Crippen LogP contribution in [0.2, 0.25) is 0 Å². The van der Waals surface area contributed by atoms with Gasteiger partial charge in [0.15, 0.2) is 0 Å². The number of para-hydroxylation sites is 1. The quantitative estimate of drug-likeness (QED) is 0.536. The molecule has 0 aliphatic carbocycles. The first-order valence-electron chi connectivity index (χ1n) is 7.67. The van der Waals surface area contributed by atoms with Gasteiger partial charge in [-0.25, -0.2) is 0 Å². The van der Waals surface area contributed by atoms with E-state index in [1.807, 2.05) is 36.4 Å². The molecule has 122 valence electrons. The molecule has 0 fully saturated rings. The molecule has 0 saturated carbocycles. The number of hydrogen-bond donors (Lipinski definition) is 2. The Morgan fingerprint density at radius 2 is 1.96 bits per heavy atom. The van der Waals surface area contributed by atoms with E-state index in [1.165, 1.54) is 0 Å². The van der Waals surface area contributed by atoms with E-state index in [0.29, 0.717) is 18.8 Å². The van der Waals surface area contributed by atoms with E-state index >= 15 is 0 Å². The highest BCUT2D eigenvalue weighted by Crippen LogP contribution is 2.25. The molecule has 0 unspecified atom stereocenters. The van der Waals surface area contributed by atoms with Gasteiger partial charge >= 0.3 is 0 Å². The Morgan fingerprint density at radius 3 is 2.75 bits per heavy atom. The first kappa shape index (κ1) is 15.9. The number of benzene rings is 2. The van der Waals surface area contributed by atoms with Gasteiger partial charge in [0.05, 0.1) is 10.4 Å². The predicted molar refractivity (Wildman–Crippen MR) is 94.9 cm³/mol. The third kappa shape index (κ3) is 3.33. The molecular weight excluding hydrogens is 304 g/mol. The number of nitrogens with zero attached hydrogens (tertiary/aromatic N) is 2. The molecular formula is C18H18N4O2. The second kappa shape index (κ2) is 7.06. The minimum atomic E-state index is -0.371. The Kier molecular flexibility index (Phi) is 4.67. The van der Waals surface area contributed by atoms with Gasteiger partial charge in [0.25, 0.3) is 5.69 Å². The van der Waals surface area contributed by atoms with Crippen LogP contribution in [0.3, 0.4) is 0 Å². The first-order chi connectivity index (χ1) is 11.7. The van der Waals surface area contributed by atoms with Crippen LogP contribution in [0.1, 0.15) is 11.1 Å². The van der Waals surface area contributed by atoms with E-state index in [1.54, 1.807) is 25.4 Å². The van der Waals surface area contributed by atoms with Gasteiger partial charge in [-0.2, -0.15) is 0 Å². The SMILES string of the molecule is CNc1ccc(CNCc2cccc3cccnc23)cc1[N+](=O)[O-]. The van der Waals surface area contributed by atoms with Crippen LogP contribution >= 0.6 is 0 Å². The lowest BCUT2D eigenvalue weighted by Gasteiger charge is -2.09. The standard InChI is InChI=1S/C18H18N4O2/c1-19-16-8-7-13(10-17(16)22(23)24)11-20-12-15-5-2-4-14-6-3-9-21-18(14)15/h2-10,19-20H,11-12H2,1H3. The largest absolute Gasteiger partial charge is 0.383 e. The molecule has 1 heterocycles. The summed E-state index contributed by atoms with van der Waals surface area (Å²) in [4.78, 5) is 15.2. The van der Waals surface area contributed by atoms with E-state index < -0.39 is 0 Å². The molecule has 0 aliphatic heterocycles. The van der Waals surface area contributed by atoms with E-state index in [-0.39, 0.29) is 10.6 Å². The van der Waals surface area contributed by atoms with Crippen LogP contribution in [-0.2, 0) is 13.1 Å². The van der Waals surface area contributed by atoms with Crippen molar-refractivity contribution in [2.24, 2.45) is 0 Å². The number of rotatable bonds is 6. The summed E-state index contributed by atoms with van der Waals surface area (Å²) in [6, 6.07) is 15.2. The fraction of sp³-hybridized carbons (Fsp3) is 0.167. The molecule has 6 nitrogen and oxygen atoms in total. The van der Waals surface area contributed by atoms with Gasteiger partial charge in [0.1, 0.15) is 5.69 Å². The molecule has 6 heteroatoms. The van der Waals surface area contributed by atoms with E-state index in [0.717, 1.165) is 22.0 Å². The Balaban J connectivity index is 1.72. The highest BCUT2D eigenvalue weighted by Gasteiger charge is 2.13. The van der Waals surface area contributed by atoms with Crippen LogP contribution in [0.25, 0.3) is 10.9 Å². The Hall–Kier alpha value is -2.99. The van der Waals surface area contributed by atoms with Crippen molar-refractivity contribution in [1.82, 2.24) is 10.3 Å². The van der Waals surface area contributed by atoms with Gasteiger partial charge in [0, 0.05) is 37.8 Å². The van der Waals surface area contributed by atoms with Crippen molar-refractivity contribution in [1.29, 1.82) is 0 Å². The number of hydrogen-bond acceptors (Lipinski definition) is 5. The minimum absolute atomic E-state index is 0.0867. The summed E-state index contributed by atoms with van der Waals surface area (Å²) in [6.45, 7) is 1.20. The number of fused-ring (bicyclic) bond motifs is 1. The summed E-state index contributed by atoms with van der Waals surface area (Å²) in [5, 5.41) is 18.4. The summed E-state index contributed by atoms with van der Waals surface area (Å²) >= 11 is 0. The maximum Gasteiger partial charge on any atom is 0.292 e. The van der Waals surface area contributed by atoms with Crippen molar-refractivity contribution < 1.29 is 4.92 Å². The molecule has 0 atom stereocenters. The van der Waals surface area contributed by atoms with Gasteiger partial charge in [0.2, 0.25) is 0 Å². The number of nitro groups is 1. The highest BCUT2D eigenvalue weighted by molar-refractivity contribution is 5.81. The molecule has 2 N–H and O–H groups in total. The topological polar surface area (TPSA) is 80.1 Å². The van der Waals surface area contributed by atoms with Crippen LogP contribution in [0.5, 0.6) is 0 Å². The van der Waals surface area contributed by atoms with Crippen molar-refractivity contribution in [2.45, 2.75) is 13.1 Å². The van der Waals surface area contributed by atoms with Crippen molar-refractivity contribution in [3.8, 4) is 0 Å². The molecule has 1 aromatic heterocycles. The van der Waals surface area contributed by atoms with Crippen molar-refractivity contribution in [3.05, 3.63) is 76.0 Å². The maximum absolute atomic E-state index is 11.1. The molecule has 0 bridgehead atoms. The third-order valence-corrected chi connectivity index (χ3v) is 3.89. The van der Waals surface area contributed by atoms with Gasteiger partial charge in [-0.3, -0.25) is 15.1 Å². The molecule has 3 aromatic rings. The van der Waals surface area contributed by atoms with Crippen LogP contribution in [0.15, 0.2) is 54.7 Å². The summed E-state index contributed by atoms with van der Waals surface area (Å²) in [7, 11) is 1.67. The molecule has 24 heavy (non-hydrogen) atoms. The van der Waals surface area contributed by atoms with Crippen molar-refractivity contribution in [3.63, 3.8) is 0 Å². The Labute approximate surface area is 139 Å². The van der Waals surface area contributed by atoms with E-state index in [4.69, 9.17) is 0 Å². The molecule has 0 saturated heterocycles. The summed E-state index contributed by atoms with van der Waals surface area (Å²) < 4.78 is 0. The summed E-state index contributed by atoms with van der Waals surface area (Å²) in [5.41, 5.74) is 3.55. The highest BCUT2D eigenvalue weighted by atomic mass is 16.6. The Bertz CT molecular complexity index is 875. The maximum atomic E-state index is 11.1.